The van der Waals surface area contributed by atoms with Crippen molar-refractivity contribution >= 4 is 5.91 Å². The van der Waals surface area contributed by atoms with Crippen LogP contribution in [0, 0.1) is 6.92 Å². The summed E-state index contributed by atoms with van der Waals surface area (Å²) in [5.74, 6) is 1.95. The number of para-hydroxylation sites is 1. The van der Waals surface area contributed by atoms with Gasteiger partial charge in [-0.05, 0) is 24.5 Å². The maximum Gasteiger partial charge on any atom is 0.264 e. The van der Waals surface area contributed by atoms with Crippen LogP contribution >= 0.6 is 0 Å². The van der Waals surface area contributed by atoms with Crippen LogP contribution in [0.5, 0.6) is 5.75 Å². The average molecular weight is 299 g/mol. The molecule has 2 atom stereocenters. The lowest BCUT2D eigenvalue weighted by Gasteiger charge is -2.25. The lowest BCUT2D eigenvalue weighted by molar-refractivity contribution is -0.139. The molecule has 0 saturated carbocycles. The first-order valence-corrected chi connectivity index (χ1v) is 7.57. The van der Waals surface area contributed by atoms with Crippen molar-refractivity contribution in [2.75, 3.05) is 6.54 Å². The molecule has 2 aromatic rings. The van der Waals surface area contributed by atoms with Gasteiger partial charge in [-0.25, -0.2) is 0 Å². The van der Waals surface area contributed by atoms with E-state index in [9.17, 15) is 4.79 Å². The number of carbonyl (C=O) groups is 1. The summed E-state index contributed by atoms with van der Waals surface area (Å²) in [6.45, 7) is 2.47. The van der Waals surface area contributed by atoms with Crippen LogP contribution in [-0.2, 0) is 11.2 Å². The van der Waals surface area contributed by atoms with E-state index in [0.29, 0.717) is 24.7 Å². The van der Waals surface area contributed by atoms with Gasteiger partial charge in [-0.2, -0.15) is 4.98 Å². The number of hydrogen-bond acceptors (Lipinski definition) is 5. The molecular formula is C16H17N3O3. The number of fused-ring (bicyclic) bond motifs is 1. The van der Waals surface area contributed by atoms with Crippen LogP contribution in [0.2, 0.25) is 0 Å². The minimum Gasteiger partial charge on any atom is -0.480 e. The summed E-state index contributed by atoms with van der Waals surface area (Å²) in [6, 6.07) is 7.71. The van der Waals surface area contributed by atoms with Gasteiger partial charge in [0.15, 0.2) is 11.9 Å². The van der Waals surface area contributed by atoms with Crippen molar-refractivity contribution in [3.8, 4) is 5.75 Å². The normalized spacial score (nSPS) is 23.4. The second kappa shape index (κ2) is 5.12. The van der Waals surface area contributed by atoms with E-state index in [1.165, 1.54) is 0 Å². The molecule has 0 unspecified atom stereocenters. The highest BCUT2D eigenvalue weighted by molar-refractivity contribution is 5.83. The van der Waals surface area contributed by atoms with Gasteiger partial charge in [-0.1, -0.05) is 23.4 Å². The second-order valence-corrected chi connectivity index (χ2v) is 5.78. The maximum absolute atomic E-state index is 12.8. The van der Waals surface area contributed by atoms with Crippen LogP contribution in [0.4, 0.5) is 0 Å². The monoisotopic (exact) mass is 299 g/mol. The summed E-state index contributed by atoms with van der Waals surface area (Å²) < 4.78 is 10.9. The molecule has 0 aliphatic carbocycles. The predicted molar refractivity (Wildman–Crippen MR) is 77.3 cm³/mol. The zero-order chi connectivity index (χ0) is 15.1. The zero-order valence-corrected chi connectivity index (χ0v) is 12.4. The van der Waals surface area contributed by atoms with E-state index in [2.05, 4.69) is 10.1 Å². The molecule has 22 heavy (non-hydrogen) atoms. The standard InChI is InChI=1S/C16H17N3O3/c1-10-17-15(18-22-10)12-6-4-8-19(12)16(20)14-9-11-5-2-3-7-13(11)21-14/h2-3,5,7,12,14H,4,6,8-9H2,1H3/t12-,14+/m1/s1. The molecule has 1 amide bonds. The summed E-state index contributed by atoms with van der Waals surface area (Å²) >= 11 is 0. The molecule has 1 saturated heterocycles. The van der Waals surface area contributed by atoms with E-state index >= 15 is 0 Å². The highest BCUT2D eigenvalue weighted by Crippen LogP contribution is 2.34. The Morgan fingerprint density at radius 2 is 2.23 bits per heavy atom. The number of benzene rings is 1. The molecule has 0 radical (unpaired) electrons. The van der Waals surface area contributed by atoms with Crippen LogP contribution < -0.4 is 4.74 Å². The van der Waals surface area contributed by atoms with Gasteiger partial charge in [0.2, 0.25) is 5.89 Å². The van der Waals surface area contributed by atoms with E-state index in [0.717, 1.165) is 24.2 Å². The molecule has 114 valence electrons. The SMILES string of the molecule is Cc1nc([C@H]2CCCN2C(=O)[C@@H]2Cc3ccccc3O2)no1. The number of carbonyl (C=O) groups excluding carboxylic acids is 1. The molecule has 0 spiro atoms. The topological polar surface area (TPSA) is 68.5 Å². The Balaban J connectivity index is 1.53. The van der Waals surface area contributed by atoms with Gasteiger partial charge >= 0.3 is 0 Å². The third-order valence-electron chi connectivity index (χ3n) is 4.30. The third kappa shape index (κ3) is 2.15. The molecule has 6 heteroatoms. The van der Waals surface area contributed by atoms with Crippen molar-refractivity contribution in [3.63, 3.8) is 0 Å². The summed E-state index contributed by atoms with van der Waals surface area (Å²) in [6.07, 6.45) is 2.00. The summed E-state index contributed by atoms with van der Waals surface area (Å²) in [4.78, 5) is 18.9. The first-order valence-electron chi connectivity index (χ1n) is 7.57. The van der Waals surface area contributed by atoms with Crippen molar-refractivity contribution < 1.29 is 14.1 Å². The van der Waals surface area contributed by atoms with Crippen LogP contribution in [0.25, 0.3) is 0 Å². The largest absolute Gasteiger partial charge is 0.480 e. The quantitative estimate of drug-likeness (QED) is 0.849. The van der Waals surface area contributed by atoms with Crippen LogP contribution in [0.1, 0.15) is 36.2 Å². The van der Waals surface area contributed by atoms with Crippen molar-refractivity contribution in [1.29, 1.82) is 0 Å². The van der Waals surface area contributed by atoms with Crippen molar-refractivity contribution in [1.82, 2.24) is 15.0 Å². The highest BCUT2D eigenvalue weighted by atomic mass is 16.5. The van der Waals surface area contributed by atoms with Crippen molar-refractivity contribution in [2.24, 2.45) is 0 Å². The van der Waals surface area contributed by atoms with Gasteiger partial charge in [0.25, 0.3) is 5.91 Å². The summed E-state index contributed by atoms with van der Waals surface area (Å²) in [7, 11) is 0. The van der Waals surface area contributed by atoms with Gasteiger partial charge < -0.3 is 14.2 Å². The number of rotatable bonds is 2. The van der Waals surface area contributed by atoms with E-state index < -0.39 is 6.10 Å². The zero-order valence-electron chi connectivity index (χ0n) is 12.4. The van der Waals surface area contributed by atoms with Crippen LogP contribution in [-0.4, -0.2) is 33.6 Å². The molecule has 1 aromatic carbocycles. The first-order chi connectivity index (χ1) is 10.7. The molecule has 2 aliphatic rings. The fourth-order valence-corrected chi connectivity index (χ4v) is 3.25. The predicted octanol–water partition coefficient (Wildman–Crippen LogP) is 2.05. The number of likely N-dealkylation sites (tertiary alicyclic amines) is 1. The third-order valence-corrected chi connectivity index (χ3v) is 4.30. The number of ether oxygens (including phenoxy) is 1. The molecule has 6 nitrogen and oxygen atoms in total. The Labute approximate surface area is 128 Å². The fraction of sp³-hybridized carbons (Fsp3) is 0.438. The van der Waals surface area contributed by atoms with Gasteiger partial charge in [-0.3, -0.25) is 4.79 Å². The Morgan fingerprint density at radius 1 is 1.36 bits per heavy atom. The van der Waals surface area contributed by atoms with Crippen LogP contribution in [0.15, 0.2) is 28.8 Å². The van der Waals surface area contributed by atoms with Crippen molar-refractivity contribution in [2.45, 2.75) is 38.3 Å². The number of nitrogens with zero attached hydrogens (tertiary/aromatic N) is 3. The molecule has 3 heterocycles. The molecule has 1 aromatic heterocycles. The Kier molecular flexibility index (Phi) is 3.10. The number of hydrogen-bond donors (Lipinski definition) is 0. The Bertz CT molecular complexity index is 687. The Morgan fingerprint density at radius 3 is 3.00 bits per heavy atom. The number of aromatic nitrogens is 2. The first kappa shape index (κ1) is 13.3. The maximum atomic E-state index is 12.8. The Hall–Kier alpha value is -2.37. The second-order valence-electron chi connectivity index (χ2n) is 5.78. The van der Waals surface area contributed by atoms with Crippen molar-refractivity contribution in [3.05, 3.63) is 41.5 Å². The number of amides is 1. The van der Waals surface area contributed by atoms with Gasteiger partial charge in [0, 0.05) is 19.9 Å². The smallest absolute Gasteiger partial charge is 0.264 e. The lowest BCUT2D eigenvalue weighted by atomic mass is 10.1. The van der Waals surface area contributed by atoms with E-state index in [4.69, 9.17) is 9.26 Å². The van der Waals surface area contributed by atoms with Gasteiger partial charge in [-0.15, -0.1) is 0 Å². The fourth-order valence-electron chi connectivity index (χ4n) is 3.25. The molecule has 4 rings (SSSR count). The molecule has 2 aliphatic heterocycles. The van der Waals surface area contributed by atoms with Gasteiger partial charge in [0.05, 0.1) is 6.04 Å². The summed E-state index contributed by atoms with van der Waals surface area (Å²) in [5, 5.41) is 3.98. The minimum absolute atomic E-state index is 0.0150. The van der Waals surface area contributed by atoms with Gasteiger partial charge in [0.1, 0.15) is 5.75 Å². The molecule has 0 bridgehead atoms. The lowest BCUT2D eigenvalue weighted by Crippen LogP contribution is -2.41. The average Bonchev–Trinajstić information content (AvgIpc) is 3.24. The highest BCUT2D eigenvalue weighted by Gasteiger charge is 2.39. The summed E-state index contributed by atoms with van der Waals surface area (Å²) in [5.41, 5.74) is 1.09. The number of aryl methyl sites for hydroxylation is 1. The molecule has 0 N–H and O–H groups in total. The van der Waals surface area contributed by atoms with E-state index in [-0.39, 0.29) is 11.9 Å². The molecule has 1 fully saturated rings. The minimum atomic E-state index is -0.439. The van der Waals surface area contributed by atoms with E-state index in [1.807, 2.05) is 29.2 Å². The van der Waals surface area contributed by atoms with E-state index in [1.54, 1.807) is 6.92 Å². The molecular weight excluding hydrogens is 282 g/mol. The van der Waals surface area contributed by atoms with Crippen LogP contribution in [0.3, 0.4) is 0 Å².